The summed E-state index contributed by atoms with van der Waals surface area (Å²) in [4.78, 5) is 32.5. The van der Waals surface area contributed by atoms with E-state index in [2.05, 4.69) is 10.3 Å². The van der Waals surface area contributed by atoms with E-state index in [0.717, 1.165) is 36.0 Å². The lowest BCUT2D eigenvalue weighted by Crippen LogP contribution is -2.53. The van der Waals surface area contributed by atoms with Gasteiger partial charge < -0.3 is 14.6 Å². The fourth-order valence-electron chi connectivity index (χ4n) is 5.11. The van der Waals surface area contributed by atoms with E-state index in [-0.39, 0.29) is 30.2 Å². The SMILES string of the molecule is O=C(NCc1ccco1)[C@@H]1[C@H]2CC[C@H](C2)N1C(=O)Cc1ccccc1-c1cccnc1. The van der Waals surface area contributed by atoms with Crippen molar-refractivity contribution in [3.8, 4) is 11.1 Å². The minimum absolute atomic E-state index is 0.0155. The molecule has 2 fully saturated rings. The summed E-state index contributed by atoms with van der Waals surface area (Å²) in [5.74, 6) is 0.873. The first-order valence-corrected chi connectivity index (χ1v) is 10.8. The molecule has 0 unspecified atom stereocenters. The van der Waals surface area contributed by atoms with Crippen molar-refractivity contribution < 1.29 is 14.0 Å². The predicted molar refractivity (Wildman–Crippen MR) is 116 cm³/mol. The molecule has 3 atom stereocenters. The van der Waals surface area contributed by atoms with Crippen molar-refractivity contribution in [2.75, 3.05) is 0 Å². The molecule has 2 amide bonds. The lowest BCUT2D eigenvalue weighted by atomic mass is 9.95. The Bertz CT molecular complexity index is 1060. The molecule has 1 saturated heterocycles. The summed E-state index contributed by atoms with van der Waals surface area (Å²) in [6.07, 6.45) is 8.30. The second-order valence-electron chi connectivity index (χ2n) is 8.35. The van der Waals surface area contributed by atoms with Crippen molar-refractivity contribution in [1.29, 1.82) is 0 Å². The number of carbonyl (C=O) groups excluding carboxylic acids is 2. The number of benzene rings is 1. The molecule has 0 radical (unpaired) electrons. The van der Waals surface area contributed by atoms with Gasteiger partial charge >= 0.3 is 0 Å². The number of nitrogens with zero attached hydrogens (tertiary/aromatic N) is 2. The average Bonchev–Trinajstić information content (AvgIpc) is 3.56. The van der Waals surface area contributed by atoms with Crippen molar-refractivity contribution in [3.05, 3.63) is 78.5 Å². The Kier molecular flexibility index (Phi) is 5.28. The number of hydrogen-bond donors (Lipinski definition) is 1. The highest BCUT2D eigenvalue weighted by Gasteiger charge is 2.51. The third kappa shape index (κ3) is 3.85. The largest absolute Gasteiger partial charge is 0.467 e. The summed E-state index contributed by atoms with van der Waals surface area (Å²) >= 11 is 0. The molecule has 1 aliphatic carbocycles. The fourth-order valence-corrected chi connectivity index (χ4v) is 5.11. The van der Waals surface area contributed by atoms with Crippen LogP contribution in [0.1, 0.15) is 30.6 Å². The Hall–Kier alpha value is -3.41. The molecule has 3 heterocycles. The normalized spacial score (nSPS) is 21.9. The van der Waals surface area contributed by atoms with Gasteiger partial charge in [0.1, 0.15) is 11.8 Å². The summed E-state index contributed by atoms with van der Waals surface area (Å²) < 4.78 is 5.32. The molecule has 2 aliphatic rings. The van der Waals surface area contributed by atoms with Gasteiger partial charge in [0, 0.05) is 24.0 Å². The maximum absolute atomic E-state index is 13.4. The monoisotopic (exact) mass is 415 g/mol. The third-order valence-electron chi connectivity index (χ3n) is 6.49. The van der Waals surface area contributed by atoms with Crippen LogP contribution in [0.4, 0.5) is 0 Å². The average molecular weight is 415 g/mol. The Morgan fingerprint density at radius 3 is 2.81 bits per heavy atom. The number of piperidine rings is 1. The van der Waals surface area contributed by atoms with Crippen LogP contribution in [0.2, 0.25) is 0 Å². The quantitative estimate of drug-likeness (QED) is 0.668. The predicted octanol–water partition coefficient (Wildman–Crippen LogP) is 3.58. The van der Waals surface area contributed by atoms with E-state index in [1.807, 2.05) is 53.6 Å². The van der Waals surface area contributed by atoms with Crippen LogP contribution >= 0.6 is 0 Å². The number of carbonyl (C=O) groups is 2. The second-order valence-corrected chi connectivity index (χ2v) is 8.35. The second kappa shape index (κ2) is 8.38. The first-order valence-electron chi connectivity index (χ1n) is 10.8. The van der Waals surface area contributed by atoms with E-state index in [9.17, 15) is 9.59 Å². The number of hydrogen-bond acceptors (Lipinski definition) is 4. The molecule has 1 N–H and O–H groups in total. The lowest BCUT2D eigenvalue weighted by molar-refractivity contribution is -0.142. The molecule has 0 spiro atoms. The van der Waals surface area contributed by atoms with E-state index in [1.54, 1.807) is 18.5 Å². The van der Waals surface area contributed by atoms with Crippen LogP contribution in [0.15, 0.2) is 71.6 Å². The van der Waals surface area contributed by atoms with Crippen LogP contribution < -0.4 is 5.32 Å². The molecule has 2 bridgehead atoms. The molecule has 158 valence electrons. The van der Waals surface area contributed by atoms with Crippen LogP contribution in [0.3, 0.4) is 0 Å². The molecular formula is C25H25N3O3. The van der Waals surface area contributed by atoms with Crippen molar-refractivity contribution in [3.63, 3.8) is 0 Å². The van der Waals surface area contributed by atoms with E-state index in [0.29, 0.717) is 12.3 Å². The molecule has 5 rings (SSSR count). The number of nitrogens with one attached hydrogen (secondary N) is 1. The van der Waals surface area contributed by atoms with Crippen LogP contribution in [-0.2, 0) is 22.6 Å². The van der Waals surface area contributed by atoms with Gasteiger partial charge in [0.15, 0.2) is 0 Å². The van der Waals surface area contributed by atoms with Gasteiger partial charge in [0.05, 0.1) is 19.2 Å². The van der Waals surface area contributed by atoms with Crippen LogP contribution in [0.25, 0.3) is 11.1 Å². The van der Waals surface area contributed by atoms with Gasteiger partial charge in [-0.25, -0.2) is 0 Å². The summed E-state index contributed by atoms with van der Waals surface area (Å²) in [6.45, 7) is 0.339. The van der Waals surface area contributed by atoms with E-state index in [1.165, 1.54) is 0 Å². The summed E-state index contributed by atoms with van der Waals surface area (Å²) in [6, 6.07) is 15.2. The van der Waals surface area contributed by atoms with Gasteiger partial charge in [0.2, 0.25) is 11.8 Å². The van der Waals surface area contributed by atoms with Gasteiger partial charge in [-0.2, -0.15) is 0 Å². The number of likely N-dealkylation sites (tertiary alicyclic amines) is 1. The molecule has 1 aliphatic heterocycles. The number of amides is 2. The highest BCUT2D eigenvalue weighted by molar-refractivity contribution is 5.90. The van der Waals surface area contributed by atoms with Crippen molar-refractivity contribution >= 4 is 11.8 Å². The first kappa shape index (κ1) is 19.5. The molecule has 2 aromatic heterocycles. The summed E-state index contributed by atoms with van der Waals surface area (Å²) in [5, 5.41) is 2.96. The molecule has 1 aromatic carbocycles. The molecule has 1 saturated carbocycles. The highest BCUT2D eigenvalue weighted by atomic mass is 16.3. The van der Waals surface area contributed by atoms with Gasteiger partial charge in [-0.15, -0.1) is 0 Å². The van der Waals surface area contributed by atoms with Gasteiger partial charge in [-0.05, 0) is 54.5 Å². The van der Waals surface area contributed by atoms with E-state index < -0.39 is 6.04 Å². The Labute approximate surface area is 181 Å². The minimum atomic E-state index is -0.397. The number of pyridine rings is 1. The zero-order valence-corrected chi connectivity index (χ0v) is 17.2. The van der Waals surface area contributed by atoms with Crippen LogP contribution in [0, 0.1) is 5.92 Å². The number of aromatic nitrogens is 1. The Morgan fingerprint density at radius 1 is 1.10 bits per heavy atom. The summed E-state index contributed by atoms with van der Waals surface area (Å²) in [7, 11) is 0. The van der Waals surface area contributed by atoms with Crippen molar-refractivity contribution in [2.45, 2.75) is 44.3 Å². The number of rotatable bonds is 6. The third-order valence-corrected chi connectivity index (χ3v) is 6.49. The zero-order valence-electron chi connectivity index (χ0n) is 17.2. The van der Waals surface area contributed by atoms with Gasteiger partial charge in [-0.1, -0.05) is 30.3 Å². The molecular weight excluding hydrogens is 390 g/mol. The smallest absolute Gasteiger partial charge is 0.243 e. The molecule has 31 heavy (non-hydrogen) atoms. The topological polar surface area (TPSA) is 75.4 Å². The van der Waals surface area contributed by atoms with Gasteiger partial charge in [0.25, 0.3) is 0 Å². The Morgan fingerprint density at radius 2 is 2.00 bits per heavy atom. The lowest BCUT2D eigenvalue weighted by Gasteiger charge is -2.34. The van der Waals surface area contributed by atoms with Gasteiger partial charge in [-0.3, -0.25) is 14.6 Å². The number of furan rings is 1. The maximum atomic E-state index is 13.4. The highest BCUT2D eigenvalue weighted by Crippen LogP contribution is 2.43. The van der Waals surface area contributed by atoms with Crippen LogP contribution in [0.5, 0.6) is 0 Å². The summed E-state index contributed by atoms with van der Waals surface area (Å²) in [5.41, 5.74) is 2.95. The first-order chi connectivity index (χ1) is 15.2. The molecule has 3 aromatic rings. The zero-order chi connectivity index (χ0) is 21.2. The van der Waals surface area contributed by atoms with E-state index in [4.69, 9.17) is 4.42 Å². The van der Waals surface area contributed by atoms with E-state index >= 15 is 0 Å². The fraction of sp³-hybridized carbons (Fsp3) is 0.320. The standard InChI is InChI=1S/C25H25N3O3/c29-23(14-17-5-1-2-8-22(17)19-6-3-11-26-15-19)28-20-10-9-18(13-20)24(28)25(30)27-16-21-7-4-12-31-21/h1-8,11-12,15,18,20,24H,9-10,13-14,16H2,(H,27,30)/t18-,20+,24-/m0/s1. The Balaban J connectivity index is 1.34. The molecule has 6 heteroatoms. The minimum Gasteiger partial charge on any atom is -0.467 e. The van der Waals surface area contributed by atoms with Crippen LogP contribution in [-0.4, -0.2) is 33.8 Å². The number of fused-ring (bicyclic) bond motifs is 2. The van der Waals surface area contributed by atoms with Crippen molar-refractivity contribution in [1.82, 2.24) is 15.2 Å². The maximum Gasteiger partial charge on any atom is 0.243 e. The van der Waals surface area contributed by atoms with Crippen molar-refractivity contribution in [2.24, 2.45) is 5.92 Å². The molecule has 6 nitrogen and oxygen atoms in total.